The van der Waals surface area contributed by atoms with E-state index in [-0.39, 0.29) is 5.78 Å². The quantitative estimate of drug-likeness (QED) is 0.628. The van der Waals surface area contributed by atoms with E-state index in [0.29, 0.717) is 22.2 Å². The number of hydrogen-bond donors (Lipinski definition) is 0. The highest BCUT2D eigenvalue weighted by Crippen LogP contribution is 2.17. The second kappa shape index (κ2) is 6.04. The van der Waals surface area contributed by atoms with Crippen molar-refractivity contribution in [3.05, 3.63) is 57.8 Å². The predicted octanol–water partition coefficient (Wildman–Crippen LogP) is 4.11. The van der Waals surface area contributed by atoms with Gasteiger partial charge in [-0.3, -0.25) is 9.48 Å². The van der Waals surface area contributed by atoms with E-state index in [2.05, 4.69) is 5.10 Å². The molecule has 0 bridgehead atoms. The molecule has 1 aromatic carbocycles. The molecular formula is C14H12Cl2N2O. The third kappa shape index (κ3) is 3.25. The normalized spacial score (nSPS) is 11.1. The van der Waals surface area contributed by atoms with Gasteiger partial charge in [-0.2, -0.15) is 5.10 Å². The van der Waals surface area contributed by atoms with E-state index in [1.54, 1.807) is 41.2 Å². The average molecular weight is 295 g/mol. The van der Waals surface area contributed by atoms with Gasteiger partial charge < -0.3 is 0 Å². The molecule has 2 rings (SSSR count). The molecule has 0 aliphatic rings. The molecule has 0 N–H and O–H groups in total. The summed E-state index contributed by atoms with van der Waals surface area (Å²) in [5.74, 6) is -0.100. The summed E-state index contributed by atoms with van der Waals surface area (Å²) in [6.45, 7) is 2.66. The molecule has 0 fully saturated rings. The van der Waals surface area contributed by atoms with Crippen molar-refractivity contribution in [2.75, 3.05) is 0 Å². The summed E-state index contributed by atoms with van der Waals surface area (Å²) in [6, 6.07) is 6.75. The van der Waals surface area contributed by atoms with Gasteiger partial charge in [-0.05, 0) is 43.3 Å². The summed E-state index contributed by atoms with van der Waals surface area (Å²) >= 11 is 11.8. The standard InChI is InChI=1S/C14H12Cl2N2O/c1-2-18-13(12(16)9-17-18)7-8-14(19)10-3-5-11(15)6-4-10/h3-9H,2H2,1H3. The minimum absolute atomic E-state index is 0.100. The highest BCUT2D eigenvalue weighted by atomic mass is 35.5. The van der Waals surface area contributed by atoms with E-state index in [0.717, 1.165) is 5.69 Å². The zero-order valence-electron chi connectivity index (χ0n) is 10.3. The van der Waals surface area contributed by atoms with Gasteiger partial charge in [0.1, 0.15) is 0 Å². The molecule has 0 aliphatic heterocycles. The van der Waals surface area contributed by atoms with E-state index >= 15 is 0 Å². The number of aromatic nitrogens is 2. The van der Waals surface area contributed by atoms with E-state index in [4.69, 9.17) is 23.2 Å². The predicted molar refractivity (Wildman–Crippen MR) is 77.7 cm³/mol. The van der Waals surface area contributed by atoms with Crippen molar-refractivity contribution >= 4 is 35.1 Å². The van der Waals surface area contributed by atoms with Crippen LogP contribution in [0.3, 0.4) is 0 Å². The van der Waals surface area contributed by atoms with Gasteiger partial charge in [-0.1, -0.05) is 23.2 Å². The summed E-state index contributed by atoms with van der Waals surface area (Å²) in [4.78, 5) is 12.0. The van der Waals surface area contributed by atoms with Crippen LogP contribution in [0.1, 0.15) is 23.0 Å². The number of halogens is 2. The number of allylic oxidation sites excluding steroid dienone is 1. The van der Waals surface area contributed by atoms with Crippen LogP contribution >= 0.6 is 23.2 Å². The SMILES string of the molecule is CCn1ncc(Cl)c1C=CC(=O)c1ccc(Cl)cc1. The smallest absolute Gasteiger partial charge is 0.185 e. The van der Waals surface area contributed by atoms with Gasteiger partial charge >= 0.3 is 0 Å². The van der Waals surface area contributed by atoms with E-state index in [1.165, 1.54) is 6.08 Å². The molecule has 0 aliphatic carbocycles. The topological polar surface area (TPSA) is 34.9 Å². The van der Waals surface area contributed by atoms with Crippen molar-refractivity contribution < 1.29 is 4.79 Å². The molecule has 3 nitrogen and oxygen atoms in total. The summed E-state index contributed by atoms with van der Waals surface area (Å²) in [6.07, 6.45) is 4.73. The van der Waals surface area contributed by atoms with Crippen molar-refractivity contribution in [3.63, 3.8) is 0 Å². The van der Waals surface area contributed by atoms with Gasteiger partial charge in [0.05, 0.1) is 16.9 Å². The number of rotatable bonds is 4. The maximum absolute atomic E-state index is 12.0. The first-order chi connectivity index (χ1) is 9.11. The first kappa shape index (κ1) is 13.8. The van der Waals surface area contributed by atoms with Crippen LogP contribution in [0.15, 0.2) is 36.5 Å². The van der Waals surface area contributed by atoms with Crippen molar-refractivity contribution in [1.29, 1.82) is 0 Å². The molecule has 0 unspecified atom stereocenters. The molecular weight excluding hydrogens is 283 g/mol. The summed E-state index contributed by atoms with van der Waals surface area (Å²) in [5, 5.41) is 5.24. The Hall–Kier alpha value is -1.58. The van der Waals surface area contributed by atoms with Crippen LogP contribution in [-0.4, -0.2) is 15.6 Å². The first-order valence-corrected chi connectivity index (χ1v) is 6.56. The Balaban J connectivity index is 2.20. The molecule has 0 saturated heterocycles. The number of benzene rings is 1. The van der Waals surface area contributed by atoms with Gasteiger partial charge in [-0.15, -0.1) is 0 Å². The number of hydrogen-bond acceptors (Lipinski definition) is 2. The minimum Gasteiger partial charge on any atom is -0.289 e. The maximum atomic E-state index is 12.0. The average Bonchev–Trinajstić information content (AvgIpc) is 2.77. The van der Waals surface area contributed by atoms with Crippen LogP contribution in [0.5, 0.6) is 0 Å². The molecule has 1 aromatic heterocycles. The molecule has 2 aromatic rings. The Bertz CT molecular complexity index is 615. The van der Waals surface area contributed by atoms with Gasteiger partial charge in [0.15, 0.2) is 5.78 Å². The zero-order valence-corrected chi connectivity index (χ0v) is 11.8. The Morgan fingerprint density at radius 2 is 2.00 bits per heavy atom. The van der Waals surface area contributed by atoms with Crippen molar-refractivity contribution in [2.24, 2.45) is 0 Å². The molecule has 0 radical (unpaired) electrons. The molecule has 5 heteroatoms. The third-order valence-electron chi connectivity index (χ3n) is 2.65. The minimum atomic E-state index is -0.100. The van der Waals surface area contributed by atoms with Crippen LogP contribution in [0.4, 0.5) is 0 Å². The highest BCUT2D eigenvalue weighted by molar-refractivity contribution is 6.32. The summed E-state index contributed by atoms with van der Waals surface area (Å²) < 4.78 is 1.73. The third-order valence-corrected chi connectivity index (χ3v) is 3.20. The molecule has 0 amide bonds. The van der Waals surface area contributed by atoms with Gasteiger partial charge in [-0.25, -0.2) is 0 Å². The van der Waals surface area contributed by atoms with Gasteiger partial charge in [0.2, 0.25) is 0 Å². The molecule has 0 saturated carbocycles. The second-order valence-corrected chi connectivity index (χ2v) is 4.74. The lowest BCUT2D eigenvalue weighted by Crippen LogP contribution is -1.99. The first-order valence-electron chi connectivity index (χ1n) is 5.81. The molecule has 0 spiro atoms. The largest absolute Gasteiger partial charge is 0.289 e. The number of aryl methyl sites for hydroxylation is 1. The lowest BCUT2D eigenvalue weighted by atomic mass is 10.1. The van der Waals surface area contributed by atoms with Crippen molar-refractivity contribution in [1.82, 2.24) is 9.78 Å². The summed E-state index contributed by atoms with van der Waals surface area (Å²) in [7, 11) is 0. The van der Waals surface area contributed by atoms with Crippen molar-refractivity contribution in [2.45, 2.75) is 13.5 Å². The van der Waals surface area contributed by atoms with E-state index in [1.807, 2.05) is 6.92 Å². The zero-order chi connectivity index (χ0) is 13.8. The van der Waals surface area contributed by atoms with Crippen LogP contribution in [0.25, 0.3) is 6.08 Å². The molecule has 98 valence electrons. The lowest BCUT2D eigenvalue weighted by Gasteiger charge is -2.00. The number of nitrogens with zero attached hydrogens (tertiary/aromatic N) is 2. The highest BCUT2D eigenvalue weighted by Gasteiger charge is 2.06. The van der Waals surface area contributed by atoms with Crippen LogP contribution < -0.4 is 0 Å². The Morgan fingerprint density at radius 1 is 1.32 bits per heavy atom. The van der Waals surface area contributed by atoms with Crippen LogP contribution in [0, 0.1) is 0 Å². The van der Waals surface area contributed by atoms with E-state index < -0.39 is 0 Å². The Kier molecular flexibility index (Phi) is 4.40. The number of ketones is 1. The van der Waals surface area contributed by atoms with Gasteiger partial charge in [0.25, 0.3) is 0 Å². The number of carbonyl (C=O) groups excluding carboxylic acids is 1. The lowest BCUT2D eigenvalue weighted by molar-refractivity contribution is 0.104. The monoisotopic (exact) mass is 294 g/mol. The summed E-state index contributed by atoms with van der Waals surface area (Å²) in [5.41, 5.74) is 1.31. The Morgan fingerprint density at radius 3 is 2.63 bits per heavy atom. The number of carbonyl (C=O) groups is 1. The Labute approximate surface area is 121 Å². The van der Waals surface area contributed by atoms with E-state index in [9.17, 15) is 4.79 Å². The fraction of sp³-hybridized carbons (Fsp3) is 0.143. The van der Waals surface area contributed by atoms with Crippen molar-refractivity contribution in [3.8, 4) is 0 Å². The molecule has 1 heterocycles. The fourth-order valence-corrected chi connectivity index (χ4v) is 1.98. The van der Waals surface area contributed by atoms with Gasteiger partial charge in [0, 0.05) is 17.1 Å². The van der Waals surface area contributed by atoms with Crippen LogP contribution in [0.2, 0.25) is 10.0 Å². The second-order valence-electron chi connectivity index (χ2n) is 3.90. The van der Waals surface area contributed by atoms with Crippen LogP contribution in [-0.2, 0) is 6.54 Å². The molecule has 19 heavy (non-hydrogen) atoms. The maximum Gasteiger partial charge on any atom is 0.185 e. The molecule has 0 atom stereocenters. The fourth-order valence-electron chi connectivity index (χ4n) is 1.65.